The lowest BCUT2D eigenvalue weighted by Crippen LogP contribution is -2.26. The summed E-state index contributed by atoms with van der Waals surface area (Å²) in [6.07, 6.45) is 3.98. The molecule has 2 rings (SSSR count). The average Bonchev–Trinajstić information content (AvgIpc) is 2.84. The molecule has 0 aliphatic carbocycles. The highest BCUT2D eigenvalue weighted by Crippen LogP contribution is 2.11. The lowest BCUT2D eigenvalue weighted by Gasteiger charge is -2.06. The van der Waals surface area contributed by atoms with Gasteiger partial charge in [-0.1, -0.05) is 6.07 Å². The first-order valence-corrected chi connectivity index (χ1v) is 7.67. The number of hydrogen-bond acceptors (Lipinski definition) is 4. The number of hydrogen-bond donors (Lipinski definition) is 2. The van der Waals surface area contributed by atoms with E-state index >= 15 is 0 Å². The normalized spacial score (nSPS) is 11.5. The first-order chi connectivity index (χ1) is 9.88. The zero-order chi connectivity index (χ0) is 15.5. The Kier molecular flexibility index (Phi) is 4.39. The van der Waals surface area contributed by atoms with Gasteiger partial charge in [0, 0.05) is 19.8 Å². The maximum absolute atomic E-state index is 12.1. The summed E-state index contributed by atoms with van der Waals surface area (Å²) >= 11 is 0. The van der Waals surface area contributed by atoms with Crippen LogP contribution in [0.1, 0.15) is 15.9 Å². The van der Waals surface area contributed by atoms with Gasteiger partial charge in [0.25, 0.3) is 0 Å². The smallest absolute Gasteiger partial charge is 0.335 e. The van der Waals surface area contributed by atoms with Crippen LogP contribution in [0.2, 0.25) is 0 Å². The molecule has 7 nitrogen and oxygen atoms in total. The van der Waals surface area contributed by atoms with Gasteiger partial charge in [-0.3, -0.25) is 4.68 Å². The van der Waals surface area contributed by atoms with Crippen LogP contribution < -0.4 is 4.72 Å². The second-order valence-electron chi connectivity index (χ2n) is 4.50. The van der Waals surface area contributed by atoms with E-state index in [4.69, 9.17) is 5.11 Å². The molecule has 21 heavy (non-hydrogen) atoms. The molecule has 0 aliphatic rings. The summed E-state index contributed by atoms with van der Waals surface area (Å²) < 4.78 is 28.2. The Morgan fingerprint density at radius 1 is 1.43 bits per heavy atom. The summed E-state index contributed by atoms with van der Waals surface area (Å²) in [5.41, 5.74) is 0.852. The fourth-order valence-electron chi connectivity index (χ4n) is 1.81. The minimum atomic E-state index is -3.72. The maximum atomic E-state index is 12.1. The molecule has 0 aliphatic heterocycles. The first kappa shape index (κ1) is 15.2. The predicted octanol–water partition coefficient (Wildman–Crippen LogP) is 0.639. The molecular weight excluding hydrogens is 294 g/mol. The highest BCUT2D eigenvalue weighted by atomic mass is 32.2. The molecule has 0 spiro atoms. The van der Waals surface area contributed by atoms with Crippen molar-refractivity contribution in [2.75, 3.05) is 6.54 Å². The van der Waals surface area contributed by atoms with Crippen LogP contribution in [-0.2, 0) is 23.5 Å². The quantitative estimate of drug-likeness (QED) is 0.815. The number of benzene rings is 1. The largest absolute Gasteiger partial charge is 0.478 e. The Morgan fingerprint density at radius 3 is 2.81 bits per heavy atom. The Morgan fingerprint density at radius 2 is 2.19 bits per heavy atom. The summed E-state index contributed by atoms with van der Waals surface area (Å²) in [5.74, 6) is -1.16. The number of carboxylic acid groups (broad SMARTS) is 1. The van der Waals surface area contributed by atoms with Gasteiger partial charge in [-0.05, 0) is 30.2 Å². The number of nitrogens with one attached hydrogen (secondary N) is 1. The molecule has 0 saturated heterocycles. The molecule has 0 saturated carbocycles. The van der Waals surface area contributed by atoms with Crippen LogP contribution in [0.25, 0.3) is 0 Å². The molecule has 0 fully saturated rings. The summed E-state index contributed by atoms with van der Waals surface area (Å²) in [7, 11) is -1.94. The topological polar surface area (TPSA) is 101 Å². The number of aromatic nitrogens is 2. The van der Waals surface area contributed by atoms with Crippen molar-refractivity contribution < 1.29 is 18.3 Å². The second-order valence-corrected chi connectivity index (χ2v) is 6.27. The molecule has 0 atom stereocenters. The van der Waals surface area contributed by atoms with Crippen LogP contribution in [0.3, 0.4) is 0 Å². The Hall–Kier alpha value is -2.19. The summed E-state index contributed by atoms with van der Waals surface area (Å²) in [5, 5.41) is 12.9. The van der Waals surface area contributed by atoms with E-state index in [0.717, 1.165) is 11.6 Å². The molecule has 0 radical (unpaired) electrons. The third-order valence-corrected chi connectivity index (χ3v) is 4.31. The van der Waals surface area contributed by atoms with Gasteiger partial charge < -0.3 is 5.11 Å². The van der Waals surface area contributed by atoms with Crippen LogP contribution in [0.15, 0.2) is 41.6 Å². The van der Waals surface area contributed by atoms with E-state index in [9.17, 15) is 13.2 Å². The van der Waals surface area contributed by atoms with Gasteiger partial charge in [0.15, 0.2) is 0 Å². The van der Waals surface area contributed by atoms with Crippen LogP contribution in [0, 0.1) is 0 Å². The SMILES string of the molecule is Cn1cc(CCNS(=O)(=O)c2cccc(C(=O)O)c2)cn1. The van der Waals surface area contributed by atoms with E-state index in [1.807, 2.05) is 0 Å². The molecule has 0 unspecified atom stereocenters. The van der Waals surface area contributed by atoms with Crippen molar-refractivity contribution in [2.24, 2.45) is 7.05 Å². The molecule has 0 bridgehead atoms. The van der Waals surface area contributed by atoms with Gasteiger partial charge in [-0.25, -0.2) is 17.9 Å². The molecule has 1 aromatic heterocycles. The molecular formula is C13H15N3O4S. The van der Waals surface area contributed by atoms with E-state index in [2.05, 4.69) is 9.82 Å². The molecule has 112 valence electrons. The van der Waals surface area contributed by atoms with E-state index in [0.29, 0.717) is 6.42 Å². The number of rotatable bonds is 6. The number of carboxylic acids is 1. The van der Waals surface area contributed by atoms with Crippen LogP contribution in [0.4, 0.5) is 0 Å². The fraction of sp³-hybridized carbons (Fsp3) is 0.231. The number of nitrogens with zero attached hydrogens (tertiary/aromatic N) is 2. The summed E-state index contributed by atoms with van der Waals surface area (Å²) in [4.78, 5) is 10.8. The molecule has 1 heterocycles. The zero-order valence-electron chi connectivity index (χ0n) is 11.4. The number of aryl methyl sites for hydroxylation is 1. The minimum absolute atomic E-state index is 0.0615. The standard InChI is InChI=1S/C13H15N3O4S/c1-16-9-10(8-14-16)5-6-15-21(19,20)12-4-2-3-11(7-12)13(17)18/h2-4,7-9,15H,5-6H2,1H3,(H,17,18). The lowest BCUT2D eigenvalue weighted by atomic mass is 10.2. The Bertz CT molecular complexity index is 752. The Balaban J connectivity index is 2.04. The third kappa shape index (κ3) is 3.89. The number of carbonyl (C=O) groups is 1. The van der Waals surface area contributed by atoms with Gasteiger partial charge in [0.05, 0.1) is 16.7 Å². The van der Waals surface area contributed by atoms with E-state index < -0.39 is 16.0 Å². The van der Waals surface area contributed by atoms with Gasteiger partial charge in [-0.2, -0.15) is 5.10 Å². The van der Waals surface area contributed by atoms with E-state index in [1.165, 1.54) is 18.2 Å². The maximum Gasteiger partial charge on any atom is 0.335 e. The van der Waals surface area contributed by atoms with Crippen molar-refractivity contribution in [3.05, 3.63) is 47.8 Å². The van der Waals surface area contributed by atoms with Crippen molar-refractivity contribution in [2.45, 2.75) is 11.3 Å². The number of sulfonamides is 1. The highest BCUT2D eigenvalue weighted by molar-refractivity contribution is 7.89. The van der Waals surface area contributed by atoms with Crippen molar-refractivity contribution in [3.63, 3.8) is 0 Å². The first-order valence-electron chi connectivity index (χ1n) is 6.19. The minimum Gasteiger partial charge on any atom is -0.478 e. The van der Waals surface area contributed by atoms with Gasteiger partial charge in [0.1, 0.15) is 0 Å². The predicted molar refractivity (Wildman–Crippen MR) is 75.5 cm³/mol. The summed E-state index contributed by atoms with van der Waals surface area (Å²) in [6, 6.07) is 5.24. The Labute approximate surface area is 122 Å². The van der Waals surface area contributed by atoms with Crippen molar-refractivity contribution in [1.82, 2.24) is 14.5 Å². The van der Waals surface area contributed by atoms with Crippen molar-refractivity contribution in [3.8, 4) is 0 Å². The fourth-order valence-corrected chi connectivity index (χ4v) is 2.89. The summed E-state index contributed by atoms with van der Waals surface area (Å²) in [6.45, 7) is 0.214. The zero-order valence-corrected chi connectivity index (χ0v) is 12.2. The van der Waals surface area contributed by atoms with Crippen LogP contribution in [-0.4, -0.2) is 35.8 Å². The molecule has 1 aromatic carbocycles. The van der Waals surface area contributed by atoms with Crippen LogP contribution >= 0.6 is 0 Å². The van der Waals surface area contributed by atoms with Gasteiger partial charge in [0.2, 0.25) is 10.0 Å². The molecule has 0 amide bonds. The van der Waals surface area contributed by atoms with Gasteiger partial charge >= 0.3 is 5.97 Å². The van der Waals surface area contributed by atoms with Crippen molar-refractivity contribution >= 4 is 16.0 Å². The highest BCUT2D eigenvalue weighted by Gasteiger charge is 2.15. The van der Waals surface area contributed by atoms with Crippen LogP contribution in [0.5, 0.6) is 0 Å². The number of aromatic carboxylic acids is 1. The third-order valence-electron chi connectivity index (χ3n) is 2.86. The lowest BCUT2D eigenvalue weighted by molar-refractivity contribution is 0.0696. The average molecular weight is 309 g/mol. The second kappa shape index (κ2) is 6.06. The van der Waals surface area contributed by atoms with Crippen molar-refractivity contribution in [1.29, 1.82) is 0 Å². The molecule has 2 N–H and O–H groups in total. The van der Waals surface area contributed by atoms with E-state index in [-0.39, 0.29) is 17.0 Å². The molecule has 2 aromatic rings. The monoisotopic (exact) mass is 309 g/mol. The van der Waals surface area contributed by atoms with E-state index in [1.54, 1.807) is 24.1 Å². The van der Waals surface area contributed by atoms with Gasteiger partial charge in [-0.15, -0.1) is 0 Å². The molecule has 8 heteroatoms.